The van der Waals surface area contributed by atoms with E-state index in [1.54, 1.807) is 6.92 Å². The average molecular weight is 316 g/mol. The van der Waals surface area contributed by atoms with E-state index in [1.165, 1.54) is 18.2 Å². The predicted molar refractivity (Wildman–Crippen MR) is 72.5 cm³/mol. The molecule has 3 N–H and O–H groups in total. The Morgan fingerprint density at radius 3 is 2.70 bits per heavy atom. The van der Waals surface area contributed by atoms with Crippen molar-refractivity contribution >= 4 is 33.3 Å². The first kappa shape index (κ1) is 14.4. The van der Waals surface area contributed by atoms with Crippen LogP contribution in [0.4, 0.5) is 5.69 Å². The number of aromatic carboxylic acids is 1. The third-order valence-corrected chi connectivity index (χ3v) is 3.94. The van der Waals surface area contributed by atoms with E-state index in [4.69, 9.17) is 16.7 Å². The van der Waals surface area contributed by atoms with Gasteiger partial charge in [0.1, 0.15) is 5.82 Å². The normalized spacial score (nSPS) is 11.3. The van der Waals surface area contributed by atoms with E-state index in [0.717, 1.165) is 6.20 Å². The van der Waals surface area contributed by atoms with Crippen molar-refractivity contribution in [2.45, 2.75) is 11.9 Å². The fourth-order valence-corrected chi connectivity index (χ4v) is 2.74. The molecule has 7 nitrogen and oxygen atoms in total. The molecular formula is C11H10ClN3O4S. The maximum absolute atomic E-state index is 12.1. The van der Waals surface area contributed by atoms with Crippen molar-refractivity contribution in [2.24, 2.45) is 0 Å². The fraction of sp³-hybridized carbons (Fsp3) is 0.0909. The first-order valence-electron chi connectivity index (χ1n) is 5.37. The summed E-state index contributed by atoms with van der Waals surface area (Å²) < 4.78 is 26.3. The van der Waals surface area contributed by atoms with Gasteiger partial charge in [0, 0.05) is 5.02 Å². The van der Waals surface area contributed by atoms with Gasteiger partial charge in [0.2, 0.25) is 0 Å². The van der Waals surface area contributed by atoms with Gasteiger partial charge in [-0.1, -0.05) is 11.6 Å². The first-order valence-corrected chi connectivity index (χ1v) is 7.23. The van der Waals surface area contributed by atoms with Gasteiger partial charge in [-0.2, -0.15) is 8.42 Å². The number of carboxylic acid groups (broad SMARTS) is 1. The second-order valence-electron chi connectivity index (χ2n) is 3.93. The summed E-state index contributed by atoms with van der Waals surface area (Å²) in [5, 5.41) is 9.09. The van der Waals surface area contributed by atoms with E-state index in [2.05, 4.69) is 14.7 Å². The first-order chi connectivity index (χ1) is 9.29. The minimum Gasteiger partial charge on any atom is -0.478 e. The lowest BCUT2D eigenvalue weighted by molar-refractivity contribution is 0.0698. The molecule has 0 saturated carbocycles. The van der Waals surface area contributed by atoms with E-state index in [9.17, 15) is 13.2 Å². The number of benzene rings is 1. The number of sulfonamides is 1. The van der Waals surface area contributed by atoms with Gasteiger partial charge in [-0.15, -0.1) is 0 Å². The van der Waals surface area contributed by atoms with Crippen molar-refractivity contribution in [1.82, 2.24) is 9.97 Å². The Bertz CT molecular complexity index is 770. The number of nitrogens with one attached hydrogen (secondary N) is 2. The van der Waals surface area contributed by atoms with Crippen LogP contribution in [0.3, 0.4) is 0 Å². The molecule has 0 aliphatic rings. The molecule has 0 radical (unpaired) electrons. The van der Waals surface area contributed by atoms with Gasteiger partial charge in [0.15, 0.2) is 5.03 Å². The number of halogens is 1. The average Bonchev–Trinajstić information content (AvgIpc) is 2.78. The number of hydrogen-bond acceptors (Lipinski definition) is 4. The van der Waals surface area contributed by atoms with Gasteiger partial charge in [0.05, 0.1) is 17.4 Å². The number of aryl methyl sites for hydroxylation is 1. The van der Waals surface area contributed by atoms with E-state index in [-0.39, 0.29) is 21.3 Å². The summed E-state index contributed by atoms with van der Waals surface area (Å²) in [5.74, 6) is -0.856. The van der Waals surface area contributed by atoms with Crippen molar-refractivity contribution < 1.29 is 18.3 Å². The third kappa shape index (κ3) is 2.91. The lowest BCUT2D eigenvalue weighted by Crippen LogP contribution is -2.16. The summed E-state index contributed by atoms with van der Waals surface area (Å²) in [7, 11) is -3.94. The molecular weight excluding hydrogens is 306 g/mol. The molecule has 2 aromatic rings. The molecule has 2 rings (SSSR count). The van der Waals surface area contributed by atoms with Crippen molar-refractivity contribution in [2.75, 3.05) is 4.72 Å². The van der Waals surface area contributed by atoms with Crippen molar-refractivity contribution in [3.63, 3.8) is 0 Å². The molecule has 106 valence electrons. The number of anilines is 1. The Morgan fingerprint density at radius 2 is 2.15 bits per heavy atom. The number of H-pyrrole nitrogens is 1. The molecule has 0 fully saturated rings. The van der Waals surface area contributed by atoms with Crippen LogP contribution in [0, 0.1) is 6.92 Å². The molecule has 0 aliphatic carbocycles. The molecule has 0 bridgehead atoms. The minimum atomic E-state index is -3.94. The summed E-state index contributed by atoms with van der Waals surface area (Å²) in [4.78, 5) is 17.4. The summed E-state index contributed by atoms with van der Waals surface area (Å²) in [6, 6.07) is 3.84. The van der Waals surface area contributed by atoms with Crippen LogP contribution in [0.5, 0.6) is 0 Å². The highest BCUT2D eigenvalue weighted by Gasteiger charge is 2.20. The standard InChI is InChI=1S/C11H10ClN3O4S/c1-6-13-5-10(14-6)20(18,19)15-9-3-2-7(12)4-8(9)11(16)17/h2-5,15H,1H3,(H,13,14)(H,16,17). The zero-order valence-corrected chi connectivity index (χ0v) is 11.8. The quantitative estimate of drug-likeness (QED) is 0.797. The van der Waals surface area contributed by atoms with Gasteiger partial charge in [-0.3, -0.25) is 4.72 Å². The number of carbonyl (C=O) groups is 1. The second kappa shape index (κ2) is 5.14. The molecule has 0 unspecified atom stereocenters. The molecule has 0 saturated heterocycles. The summed E-state index contributed by atoms with van der Waals surface area (Å²) in [6.07, 6.45) is 1.15. The van der Waals surface area contributed by atoms with E-state index >= 15 is 0 Å². The highest BCUT2D eigenvalue weighted by Crippen LogP contribution is 2.23. The summed E-state index contributed by atoms with van der Waals surface area (Å²) in [6.45, 7) is 1.60. The van der Waals surface area contributed by atoms with Gasteiger partial charge < -0.3 is 10.1 Å². The zero-order chi connectivity index (χ0) is 14.9. The highest BCUT2D eigenvalue weighted by atomic mass is 35.5. The SMILES string of the molecule is Cc1ncc(S(=O)(=O)Nc2ccc(Cl)cc2C(=O)O)[nH]1. The molecule has 0 spiro atoms. The largest absolute Gasteiger partial charge is 0.478 e. The van der Waals surface area contributed by atoms with Crippen LogP contribution >= 0.6 is 11.6 Å². The van der Waals surface area contributed by atoms with Crippen LogP contribution in [0.15, 0.2) is 29.4 Å². The number of imidazole rings is 1. The van der Waals surface area contributed by atoms with Crippen LogP contribution in [-0.2, 0) is 10.0 Å². The van der Waals surface area contributed by atoms with Crippen LogP contribution in [0.1, 0.15) is 16.2 Å². The number of aromatic nitrogens is 2. The van der Waals surface area contributed by atoms with Crippen LogP contribution in [-0.4, -0.2) is 29.5 Å². The molecule has 0 aliphatic heterocycles. The Kier molecular flexibility index (Phi) is 3.69. The number of aromatic amines is 1. The van der Waals surface area contributed by atoms with Crippen LogP contribution in [0.25, 0.3) is 0 Å². The van der Waals surface area contributed by atoms with Gasteiger partial charge in [-0.25, -0.2) is 9.78 Å². The van der Waals surface area contributed by atoms with Crippen molar-refractivity contribution in [3.05, 3.63) is 40.8 Å². The van der Waals surface area contributed by atoms with Crippen LogP contribution < -0.4 is 4.72 Å². The summed E-state index contributed by atoms with van der Waals surface area (Å²) in [5.41, 5.74) is -0.313. The van der Waals surface area contributed by atoms with Gasteiger partial charge in [0.25, 0.3) is 10.0 Å². The minimum absolute atomic E-state index is 0.0749. The van der Waals surface area contributed by atoms with E-state index < -0.39 is 16.0 Å². The predicted octanol–water partition coefficient (Wildman–Crippen LogP) is 1.87. The number of nitrogens with zero attached hydrogens (tertiary/aromatic N) is 1. The van der Waals surface area contributed by atoms with E-state index in [0.29, 0.717) is 5.82 Å². The lowest BCUT2D eigenvalue weighted by atomic mass is 10.2. The number of hydrogen-bond donors (Lipinski definition) is 3. The number of carboxylic acids is 1. The summed E-state index contributed by atoms with van der Waals surface area (Å²) >= 11 is 5.70. The Morgan fingerprint density at radius 1 is 1.45 bits per heavy atom. The molecule has 1 aromatic carbocycles. The molecule has 9 heteroatoms. The molecule has 1 heterocycles. The highest BCUT2D eigenvalue weighted by molar-refractivity contribution is 7.92. The van der Waals surface area contributed by atoms with E-state index in [1.807, 2.05) is 0 Å². The Balaban J connectivity index is 2.42. The zero-order valence-electron chi connectivity index (χ0n) is 10.2. The fourth-order valence-electron chi connectivity index (χ4n) is 1.52. The molecule has 1 aromatic heterocycles. The van der Waals surface area contributed by atoms with Gasteiger partial charge >= 0.3 is 5.97 Å². The van der Waals surface area contributed by atoms with Crippen molar-refractivity contribution in [1.29, 1.82) is 0 Å². The molecule has 0 amide bonds. The Labute approximate surface area is 119 Å². The van der Waals surface area contributed by atoms with Gasteiger partial charge in [-0.05, 0) is 25.1 Å². The topological polar surface area (TPSA) is 112 Å². The number of rotatable bonds is 4. The maximum atomic E-state index is 12.1. The third-order valence-electron chi connectivity index (χ3n) is 2.43. The second-order valence-corrected chi connectivity index (χ2v) is 6.02. The smallest absolute Gasteiger partial charge is 0.337 e. The monoisotopic (exact) mass is 315 g/mol. The van der Waals surface area contributed by atoms with Crippen molar-refractivity contribution in [3.8, 4) is 0 Å². The molecule has 20 heavy (non-hydrogen) atoms. The Hall–Kier alpha value is -2.06. The molecule has 0 atom stereocenters. The lowest BCUT2D eigenvalue weighted by Gasteiger charge is -2.09. The van der Waals surface area contributed by atoms with Crippen LogP contribution in [0.2, 0.25) is 5.02 Å². The maximum Gasteiger partial charge on any atom is 0.337 e.